The maximum Gasteiger partial charge on any atom is 0.118 e. The van der Waals surface area contributed by atoms with E-state index in [1.165, 1.54) is 68.9 Å². The van der Waals surface area contributed by atoms with Crippen LogP contribution < -0.4 is 0 Å². The van der Waals surface area contributed by atoms with Gasteiger partial charge in [0.15, 0.2) is 0 Å². The van der Waals surface area contributed by atoms with Gasteiger partial charge >= 0.3 is 0 Å². The maximum absolute atomic E-state index is 10.7. The molecule has 6 rings (SSSR count). The molecule has 4 fully saturated rings. The highest BCUT2D eigenvalue weighted by Gasteiger charge is 2.58. The third-order valence-corrected chi connectivity index (χ3v) is 9.64. The van der Waals surface area contributed by atoms with Gasteiger partial charge in [0.25, 0.3) is 0 Å². The van der Waals surface area contributed by atoms with Crippen molar-refractivity contribution in [1.82, 2.24) is 0 Å². The van der Waals surface area contributed by atoms with Gasteiger partial charge in [0, 0.05) is 5.41 Å². The van der Waals surface area contributed by atoms with Gasteiger partial charge in [-0.2, -0.15) is 0 Å². The van der Waals surface area contributed by atoms with Gasteiger partial charge < -0.3 is 10.2 Å². The van der Waals surface area contributed by atoms with Gasteiger partial charge in [-0.05, 0) is 116 Å². The highest BCUT2D eigenvalue weighted by Crippen LogP contribution is 2.65. The standard InChI is InChI=1S/C32H44O2/c1-3-5-7-9-24-20-26(11-13-30(24)33)32(28-16-22-15-23(18-28)19-29(32)17-22)27-12-14-31(34)25(21-27)10-8-6-4-2/h11-14,20-23,28-29,33-34H,3-10,15-19H2,1-2H3. The molecule has 0 radical (unpaired) electrons. The van der Waals surface area contributed by atoms with Crippen molar-refractivity contribution in [1.29, 1.82) is 0 Å². The minimum absolute atomic E-state index is 0.0217. The summed E-state index contributed by atoms with van der Waals surface area (Å²) in [7, 11) is 0. The first-order valence-corrected chi connectivity index (χ1v) is 14.2. The zero-order chi connectivity index (χ0) is 23.7. The van der Waals surface area contributed by atoms with Crippen molar-refractivity contribution in [2.75, 3.05) is 0 Å². The van der Waals surface area contributed by atoms with Gasteiger partial charge in [0.2, 0.25) is 0 Å². The van der Waals surface area contributed by atoms with E-state index in [-0.39, 0.29) is 5.41 Å². The van der Waals surface area contributed by atoms with Crippen LogP contribution in [0.1, 0.15) is 107 Å². The molecule has 2 N–H and O–H groups in total. The maximum atomic E-state index is 10.7. The van der Waals surface area contributed by atoms with E-state index in [1.54, 1.807) is 0 Å². The Morgan fingerprint density at radius 3 is 1.50 bits per heavy atom. The molecule has 0 aromatic heterocycles. The summed E-state index contributed by atoms with van der Waals surface area (Å²) in [5, 5.41) is 21.4. The highest BCUT2D eigenvalue weighted by atomic mass is 16.3. The van der Waals surface area contributed by atoms with Gasteiger partial charge in [-0.15, -0.1) is 0 Å². The predicted octanol–water partition coefficient (Wildman–Crippen LogP) is 8.31. The molecule has 0 unspecified atom stereocenters. The van der Waals surface area contributed by atoms with E-state index in [1.807, 2.05) is 12.1 Å². The Bertz CT molecular complexity index is 901. The number of benzene rings is 2. The molecule has 184 valence electrons. The topological polar surface area (TPSA) is 40.5 Å². The molecular formula is C32H44O2. The Balaban J connectivity index is 1.60. The van der Waals surface area contributed by atoms with Crippen LogP contribution >= 0.6 is 0 Å². The molecule has 34 heavy (non-hydrogen) atoms. The summed E-state index contributed by atoms with van der Waals surface area (Å²) in [6.07, 6.45) is 15.8. The normalized spacial score (nSPS) is 26.8. The van der Waals surface area contributed by atoms with Crippen molar-refractivity contribution in [3.05, 3.63) is 58.7 Å². The summed E-state index contributed by atoms with van der Waals surface area (Å²) in [6.45, 7) is 4.48. The molecule has 2 aromatic carbocycles. The number of aromatic hydroxyl groups is 2. The Kier molecular flexibility index (Phi) is 6.96. The molecule has 4 bridgehead atoms. The van der Waals surface area contributed by atoms with Crippen LogP contribution in [0.3, 0.4) is 0 Å². The molecular weight excluding hydrogens is 416 g/mol. The number of phenols is 2. The first-order valence-electron chi connectivity index (χ1n) is 14.2. The fourth-order valence-electron chi connectivity index (χ4n) is 8.25. The second-order valence-corrected chi connectivity index (χ2v) is 11.8. The van der Waals surface area contributed by atoms with E-state index in [0.717, 1.165) is 48.6 Å². The van der Waals surface area contributed by atoms with Crippen LogP contribution in [-0.4, -0.2) is 10.2 Å². The Hall–Kier alpha value is -1.96. The minimum Gasteiger partial charge on any atom is -0.508 e. The van der Waals surface area contributed by atoms with Crippen LogP contribution in [0.15, 0.2) is 36.4 Å². The van der Waals surface area contributed by atoms with Crippen molar-refractivity contribution in [3.63, 3.8) is 0 Å². The third kappa shape index (κ3) is 4.16. The number of unbranched alkanes of at least 4 members (excludes halogenated alkanes) is 4. The molecule has 2 nitrogen and oxygen atoms in total. The Morgan fingerprint density at radius 2 is 1.09 bits per heavy atom. The van der Waals surface area contributed by atoms with Crippen LogP contribution in [0, 0.1) is 23.7 Å². The fourth-order valence-corrected chi connectivity index (χ4v) is 8.25. The molecule has 2 aromatic rings. The SMILES string of the molecule is CCCCCc1cc(C2(c3ccc(O)c(CCCCC)c3)C3CC4CC(C3)CC2C4)ccc1O. The Labute approximate surface area is 206 Å². The summed E-state index contributed by atoms with van der Waals surface area (Å²) >= 11 is 0. The second kappa shape index (κ2) is 9.96. The van der Waals surface area contributed by atoms with Gasteiger partial charge in [-0.25, -0.2) is 0 Å². The van der Waals surface area contributed by atoms with Gasteiger partial charge in [-0.1, -0.05) is 63.8 Å². The molecule has 0 saturated heterocycles. The van der Waals surface area contributed by atoms with Crippen molar-refractivity contribution in [2.45, 2.75) is 103 Å². The second-order valence-electron chi connectivity index (χ2n) is 11.8. The zero-order valence-corrected chi connectivity index (χ0v) is 21.4. The predicted molar refractivity (Wildman–Crippen MR) is 140 cm³/mol. The van der Waals surface area contributed by atoms with Crippen LogP contribution in [0.5, 0.6) is 11.5 Å². The number of hydrogen-bond acceptors (Lipinski definition) is 2. The van der Waals surface area contributed by atoms with Crippen molar-refractivity contribution >= 4 is 0 Å². The van der Waals surface area contributed by atoms with Crippen LogP contribution in [0.2, 0.25) is 0 Å². The van der Waals surface area contributed by atoms with E-state index in [2.05, 4.69) is 38.1 Å². The molecule has 0 heterocycles. The number of hydrogen-bond donors (Lipinski definition) is 2. The number of phenolic OH excluding ortho intramolecular Hbond substituents is 2. The molecule has 0 spiro atoms. The van der Waals surface area contributed by atoms with E-state index in [9.17, 15) is 10.2 Å². The van der Waals surface area contributed by atoms with Gasteiger partial charge in [0.1, 0.15) is 11.5 Å². The van der Waals surface area contributed by atoms with Crippen molar-refractivity contribution in [3.8, 4) is 11.5 Å². The van der Waals surface area contributed by atoms with Crippen LogP contribution in [0.4, 0.5) is 0 Å². The summed E-state index contributed by atoms with van der Waals surface area (Å²) in [5.41, 5.74) is 5.13. The average molecular weight is 461 g/mol. The molecule has 0 amide bonds. The first kappa shape index (κ1) is 23.8. The quantitative estimate of drug-likeness (QED) is 0.350. The lowest BCUT2D eigenvalue weighted by molar-refractivity contribution is -0.0419. The van der Waals surface area contributed by atoms with Gasteiger partial charge in [-0.3, -0.25) is 0 Å². The average Bonchev–Trinajstić information content (AvgIpc) is 2.82. The van der Waals surface area contributed by atoms with E-state index in [0.29, 0.717) is 23.3 Å². The lowest BCUT2D eigenvalue weighted by Gasteiger charge is -2.62. The lowest BCUT2D eigenvalue weighted by atomic mass is 9.42. The first-order chi connectivity index (χ1) is 16.6. The summed E-state index contributed by atoms with van der Waals surface area (Å²) in [5.74, 6) is 4.07. The lowest BCUT2D eigenvalue weighted by Crippen LogP contribution is -2.56. The number of aryl methyl sites for hydroxylation is 2. The monoisotopic (exact) mass is 460 g/mol. The number of rotatable bonds is 10. The molecule has 2 heteroatoms. The fraction of sp³-hybridized carbons (Fsp3) is 0.625. The smallest absolute Gasteiger partial charge is 0.118 e. The summed E-state index contributed by atoms with van der Waals surface area (Å²) in [6, 6.07) is 13.2. The van der Waals surface area contributed by atoms with Crippen molar-refractivity contribution in [2.24, 2.45) is 23.7 Å². The third-order valence-electron chi connectivity index (χ3n) is 9.64. The van der Waals surface area contributed by atoms with E-state index >= 15 is 0 Å². The van der Waals surface area contributed by atoms with Crippen molar-refractivity contribution < 1.29 is 10.2 Å². The molecule has 4 saturated carbocycles. The molecule has 4 aliphatic rings. The van der Waals surface area contributed by atoms with Gasteiger partial charge in [0.05, 0.1) is 0 Å². The molecule has 4 aliphatic carbocycles. The summed E-state index contributed by atoms with van der Waals surface area (Å²) < 4.78 is 0. The Morgan fingerprint density at radius 1 is 0.647 bits per heavy atom. The largest absolute Gasteiger partial charge is 0.508 e. The molecule has 0 aliphatic heterocycles. The van der Waals surface area contributed by atoms with Crippen LogP contribution in [-0.2, 0) is 18.3 Å². The van der Waals surface area contributed by atoms with E-state index in [4.69, 9.17) is 0 Å². The van der Waals surface area contributed by atoms with Crippen LogP contribution in [0.25, 0.3) is 0 Å². The highest BCUT2D eigenvalue weighted by molar-refractivity contribution is 5.51. The minimum atomic E-state index is 0.0217. The summed E-state index contributed by atoms with van der Waals surface area (Å²) in [4.78, 5) is 0. The zero-order valence-electron chi connectivity index (χ0n) is 21.4. The molecule has 0 atom stereocenters. The van der Waals surface area contributed by atoms with E-state index < -0.39 is 0 Å².